The second-order valence-electron chi connectivity index (χ2n) is 9.76. The Bertz CT molecular complexity index is 1130. The molecule has 202 valence electrons. The summed E-state index contributed by atoms with van der Waals surface area (Å²) in [6, 6.07) is -1.79. The summed E-state index contributed by atoms with van der Waals surface area (Å²) in [5, 5.41) is 24.8. The van der Waals surface area contributed by atoms with Crippen molar-refractivity contribution in [3.63, 3.8) is 0 Å². The number of β-lactam (4-membered cyclic amide) rings is 1. The van der Waals surface area contributed by atoms with Gasteiger partial charge in [0, 0.05) is 25.0 Å². The maximum Gasteiger partial charge on any atom is 0.413 e. The van der Waals surface area contributed by atoms with Gasteiger partial charge in [-0.1, -0.05) is 5.16 Å². The number of oxime groups is 1. The van der Waals surface area contributed by atoms with Gasteiger partial charge in [0.1, 0.15) is 17.3 Å². The van der Waals surface area contributed by atoms with Gasteiger partial charge in [0.15, 0.2) is 10.8 Å². The van der Waals surface area contributed by atoms with Gasteiger partial charge in [0.05, 0.1) is 6.04 Å². The molecule has 2 aliphatic rings. The number of thiazole rings is 1. The van der Waals surface area contributed by atoms with Crippen LogP contribution in [0.5, 0.6) is 0 Å². The maximum atomic E-state index is 13.2. The molecule has 5 N–H and O–H groups in total. The molecular weight excluding hydrogens is 510 g/mol. The number of hydrogen-bond acceptors (Lipinski definition) is 10. The first-order valence-electron chi connectivity index (χ1n) is 11.3. The summed E-state index contributed by atoms with van der Waals surface area (Å²) in [6.45, 7) is 8.67. The van der Waals surface area contributed by atoms with E-state index in [9.17, 15) is 29.1 Å². The second kappa shape index (κ2) is 10.6. The highest BCUT2D eigenvalue weighted by Crippen LogP contribution is 2.20. The van der Waals surface area contributed by atoms with E-state index in [1.165, 1.54) is 24.1 Å². The predicted octanol–water partition coefficient (Wildman–Crippen LogP) is 0.0824. The summed E-state index contributed by atoms with van der Waals surface area (Å²) in [4.78, 5) is 71.4. The van der Waals surface area contributed by atoms with Crippen LogP contribution in [0.2, 0.25) is 0 Å². The van der Waals surface area contributed by atoms with Gasteiger partial charge >= 0.3 is 18.1 Å². The largest absolute Gasteiger partial charge is 0.478 e. The Balaban J connectivity index is 1.78. The summed E-state index contributed by atoms with van der Waals surface area (Å²) in [5.41, 5.74) is -2.98. The smallest absolute Gasteiger partial charge is 0.413 e. The Labute approximate surface area is 215 Å². The molecule has 1 aromatic rings. The average Bonchev–Trinajstić information content (AvgIpc) is 3.39. The standard InChI is InChI=1S/C21H29N7O8S/c1-20(2,3)35-19(34)26-17-24-11(9-37-17)13(27-36-21(4,5)16(31)32)15(30)25-12-10(23-14(12)29)8-28-7-6-22-18(28)33/h9-10,12H,6-8H2,1-5H3,(H,22,33)(H,23,29)(H,25,30)(H,31,32)(H,24,26,34)/t10-,12-/m0/s1. The molecule has 3 heterocycles. The maximum absolute atomic E-state index is 13.2. The number of carboxylic acid groups (broad SMARTS) is 1. The van der Waals surface area contributed by atoms with E-state index in [1.807, 2.05) is 0 Å². The minimum atomic E-state index is -1.78. The monoisotopic (exact) mass is 539 g/mol. The lowest BCUT2D eigenvalue weighted by Crippen LogP contribution is -2.72. The summed E-state index contributed by atoms with van der Waals surface area (Å²) >= 11 is 0.964. The average molecular weight is 540 g/mol. The Morgan fingerprint density at radius 2 is 1.97 bits per heavy atom. The Kier molecular flexibility index (Phi) is 7.90. The fraction of sp³-hybridized carbons (Fsp3) is 0.571. The Morgan fingerprint density at radius 1 is 1.27 bits per heavy atom. The fourth-order valence-corrected chi connectivity index (χ4v) is 3.81. The number of nitrogens with zero attached hydrogens (tertiary/aromatic N) is 3. The Hall–Kier alpha value is -3.95. The van der Waals surface area contributed by atoms with Crippen molar-refractivity contribution in [3.8, 4) is 0 Å². The summed E-state index contributed by atoms with van der Waals surface area (Å²) in [6.07, 6.45) is -0.764. The molecule has 0 aliphatic carbocycles. The van der Waals surface area contributed by atoms with Crippen molar-refractivity contribution in [3.05, 3.63) is 11.1 Å². The quantitative estimate of drug-likeness (QED) is 0.164. The van der Waals surface area contributed by atoms with Crippen molar-refractivity contribution in [1.29, 1.82) is 0 Å². The lowest BCUT2D eigenvalue weighted by molar-refractivity contribution is -0.161. The van der Waals surface area contributed by atoms with Crippen LogP contribution >= 0.6 is 11.3 Å². The molecule has 0 saturated carbocycles. The summed E-state index contributed by atoms with van der Waals surface area (Å²) in [7, 11) is 0. The van der Waals surface area contributed by atoms with Crippen LogP contribution in [0.1, 0.15) is 40.3 Å². The van der Waals surface area contributed by atoms with Gasteiger partial charge < -0.3 is 35.5 Å². The van der Waals surface area contributed by atoms with Gasteiger partial charge in [-0.2, -0.15) is 0 Å². The minimum Gasteiger partial charge on any atom is -0.478 e. The van der Waals surface area contributed by atoms with E-state index in [4.69, 9.17) is 9.57 Å². The molecule has 37 heavy (non-hydrogen) atoms. The third-order valence-electron chi connectivity index (χ3n) is 5.11. The number of ether oxygens (including phenoxy) is 1. The van der Waals surface area contributed by atoms with E-state index in [1.54, 1.807) is 20.8 Å². The molecule has 0 bridgehead atoms. The molecule has 0 aromatic carbocycles. The van der Waals surface area contributed by atoms with Crippen LogP contribution in [0.25, 0.3) is 0 Å². The molecule has 2 aliphatic heterocycles. The number of aromatic nitrogens is 1. The van der Waals surface area contributed by atoms with E-state index in [0.29, 0.717) is 13.1 Å². The van der Waals surface area contributed by atoms with Gasteiger partial charge in [0.25, 0.3) is 5.91 Å². The topological polar surface area (TPSA) is 201 Å². The molecule has 16 heteroatoms. The highest BCUT2D eigenvalue weighted by Gasteiger charge is 2.43. The van der Waals surface area contributed by atoms with Gasteiger partial charge in [0.2, 0.25) is 11.5 Å². The second-order valence-corrected chi connectivity index (χ2v) is 10.6. The van der Waals surface area contributed by atoms with Gasteiger partial charge in [-0.15, -0.1) is 11.3 Å². The highest BCUT2D eigenvalue weighted by molar-refractivity contribution is 7.14. The van der Waals surface area contributed by atoms with Gasteiger partial charge in [-0.25, -0.2) is 19.4 Å². The zero-order chi connectivity index (χ0) is 27.5. The third-order valence-corrected chi connectivity index (χ3v) is 5.87. The number of nitrogens with one attached hydrogen (secondary N) is 4. The van der Waals surface area contributed by atoms with Crippen LogP contribution in [-0.4, -0.2) is 93.5 Å². The first-order valence-corrected chi connectivity index (χ1v) is 12.1. The van der Waals surface area contributed by atoms with Crippen molar-refractivity contribution >= 4 is 52.1 Å². The first-order chi connectivity index (χ1) is 17.2. The zero-order valence-electron chi connectivity index (χ0n) is 20.9. The third kappa shape index (κ3) is 7.05. The van der Waals surface area contributed by atoms with E-state index in [2.05, 4.69) is 31.4 Å². The number of amides is 5. The van der Waals surface area contributed by atoms with Gasteiger partial charge in [-0.05, 0) is 34.6 Å². The Morgan fingerprint density at radius 3 is 2.54 bits per heavy atom. The molecule has 2 atom stereocenters. The van der Waals surface area contributed by atoms with Crippen LogP contribution in [0.3, 0.4) is 0 Å². The van der Waals surface area contributed by atoms with Crippen molar-refractivity contribution < 1.29 is 38.7 Å². The molecule has 5 amide bonds. The van der Waals surface area contributed by atoms with Crippen molar-refractivity contribution in [2.45, 2.75) is 57.9 Å². The number of hydrogen-bond donors (Lipinski definition) is 5. The van der Waals surface area contributed by atoms with Crippen molar-refractivity contribution in [2.75, 3.05) is 25.0 Å². The van der Waals surface area contributed by atoms with Crippen LogP contribution in [0.15, 0.2) is 10.5 Å². The van der Waals surface area contributed by atoms with E-state index < -0.39 is 52.9 Å². The predicted molar refractivity (Wildman–Crippen MR) is 130 cm³/mol. The van der Waals surface area contributed by atoms with Crippen molar-refractivity contribution in [2.24, 2.45) is 5.16 Å². The van der Waals surface area contributed by atoms with E-state index >= 15 is 0 Å². The van der Waals surface area contributed by atoms with Crippen LogP contribution in [0, 0.1) is 0 Å². The normalized spacial score (nSPS) is 19.9. The number of carbonyl (C=O) groups excluding carboxylic acids is 4. The van der Waals surface area contributed by atoms with E-state index in [0.717, 1.165) is 11.3 Å². The molecule has 15 nitrogen and oxygen atoms in total. The van der Waals surface area contributed by atoms with Crippen LogP contribution in [0.4, 0.5) is 14.7 Å². The first kappa shape index (κ1) is 27.6. The molecule has 3 rings (SSSR count). The molecule has 0 spiro atoms. The molecule has 0 radical (unpaired) electrons. The minimum absolute atomic E-state index is 0.0371. The molecule has 2 fully saturated rings. The SMILES string of the molecule is CC(C)(C)OC(=O)Nc1nc(C(=NOC(C)(C)C(=O)O)C(=O)N[C@@H]2C(=O)N[C@H]2CN2CCNC2=O)cs1. The lowest BCUT2D eigenvalue weighted by atomic mass is 9.98. The zero-order valence-corrected chi connectivity index (χ0v) is 21.7. The van der Waals surface area contributed by atoms with Crippen LogP contribution < -0.4 is 21.3 Å². The number of aliphatic carboxylic acids is 1. The summed E-state index contributed by atoms with van der Waals surface area (Å²) < 4.78 is 5.18. The number of rotatable bonds is 9. The molecule has 0 unspecified atom stereocenters. The lowest BCUT2D eigenvalue weighted by Gasteiger charge is -2.38. The van der Waals surface area contributed by atoms with Crippen LogP contribution in [-0.2, 0) is 24.0 Å². The number of anilines is 1. The highest BCUT2D eigenvalue weighted by atomic mass is 32.1. The van der Waals surface area contributed by atoms with E-state index in [-0.39, 0.29) is 23.4 Å². The summed E-state index contributed by atoms with van der Waals surface area (Å²) in [5.74, 6) is -2.66. The molecule has 1 aromatic heterocycles. The van der Waals surface area contributed by atoms with Gasteiger partial charge in [-0.3, -0.25) is 14.9 Å². The number of urea groups is 1. The van der Waals surface area contributed by atoms with Crippen molar-refractivity contribution in [1.82, 2.24) is 25.8 Å². The number of carboxylic acids is 1. The molecular formula is C21H29N7O8S. The fourth-order valence-electron chi connectivity index (χ4n) is 3.13. The molecule has 2 saturated heterocycles. The number of carbonyl (C=O) groups is 5.